The Morgan fingerprint density at radius 1 is 1.00 bits per heavy atom. The van der Waals surface area contributed by atoms with Gasteiger partial charge in [0.05, 0.1) is 0 Å². The Labute approximate surface area is 110 Å². The van der Waals surface area contributed by atoms with E-state index in [1.807, 2.05) is 6.07 Å². The van der Waals surface area contributed by atoms with Gasteiger partial charge < -0.3 is 4.55 Å². The maximum atomic E-state index is 11.0. The summed E-state index contributed by atoms with van der Waals surface area (Å²) in [5, 5.41) is 0. The van der Waals surface area contributed by atoms with Crippen molar-refractivity contribution < 1.29 is 8.76 Å². The van der Waals surface area contributed by atoms with E-state index in [1.165, 1.54) is 16.7 Å². The van der Waals surface area contributed by atoms with Crippen molar-refractivity contribution in [3.63, 3.8) is 0 Å². The standard InChI is InChI=1S/C15H16O2S/c1-10-7-11(2)15(12(3)8-10)13-5-4-6-14(9-13)18(16)17/h4-9H,1-3H3,(H,16,17)/p-1. The van der Waals surface area contributed by atoms with Crippen LogP contribution in [0.1, 0.15) is 16.7 Å². The molecule has 0 heterocycles. The summed E-state index contributed by atoms with van der Waals surface area (Å²) in [5.74, 6) is 0. The highest BCUT2D eigenvalue weighted by Crippen LogP contribution is 2.29. The highest BCUT2D eigenvalue weighted by atomic mass is 32.2. The Kier molecular flexibility index (Phi) is 3.64. The van der Waals surface area contributed by atoms with E-state index in [1.54, 1.807) is 18.2 Å². The van der Waals surface area contributed by atoms with Crippen LogP contribution < -0.4 is 0 Å². The molecule has 3 heteroatoms. The van der Waals surface area contributed by atoms with Crippen LogP contribution >= 0.6 is 0 Å². The van der Waals surface area contributed by atoms with E-state index >= 15 is 0 Å². The largest absolute Gasteiger partial charge is 0.768 e. The minimum atomic E-state index is -2.18. The van der Waals surface area contributed by atoms with E-state index < -0.39 is 11.1 Å². The fourth-order valence-corrected chi connectivity index (χ4v) is 2.80. The molecule has 0 aliphatic carbocycles. The van der Waals surface area contributed by atoms with Crippen molar-refractivity contribution in [2.75, 3.05) is 0 Å². The Morgan fingerprint density at radius 2 is 1.61 bits per heavy atom. The van der Waals surface area contributed by atoms with E-state index in [0.717, 1.165) is 11.1 Å². The third-order valence-electron chi connectivity index (χ3n) is 2.99. The first kappa shape index (κ1) is 13.0. The lowest BCUT2D eigenvalue weighted by molar-refractivity contribution is 0.537. The molecule has 0 fully saturated rings. The van der Waals surface area contributed by atoms with Gasteiger partial charge in [-0.25, -0.2) is 0 Å². The van der Waals surface area contributed by atoms with Gasteiger partial charge in [-0.05, 0) is 66.2 Å². The first-order chi connectivity index (χ1) is 8.49. The Hall–Kier alpha value is -1.45. The molecule has 18 heavy (non-hydrogen) atoms. The molecule has 2 aromatic rings. The molecule has 2 nitrogen and oxygen atoms in total. The first-order valence-corrected chi connectivity index (χ1v) is 6.84. The van der Waals surface area contributed by atoms with Gasteiger partial charge in [-0.1, -0.05) is 29.8 Å². The van der Waals surface area contributed by atoms with Crippen molar-refractivity contribution in [2.24, 2.45) is 0 Å². The number of benzene rings is 2. The van der Waals surface area contributed by atoms with Crippen LogP contribution in [0.5, 0.6) is 0 Å². The monoisotopic (exact) mass is 259 g/mol. The lowest BCUT2D eigenvalue weighted by Gasteiger charge is -2.13. The lowest BCUT2D eigenvalue weighted by Crippen LogP contribution is -1.93. The summed E-state index contributed by atoms with van der Waals surface area (Å²) in [7, 11) is 0. The molecule has 1 unspecified atom stereocenters. The predicted octanol–water partition coefficient (Wildman–Crippen LogP) is 3.52. The minimum Gasteiger partial charge on any atom is -0.768 e. The molecule has 0 N–H and O–H groups in total. The molecule has 2 aromatic carbocycles. The van der Waals surface area contributed by atoms with Gasteiger partial charge in [-0.2, -0.15) is 0 Å². The summed E-state index contributed by atoms with van der Waals surface area (Å²) in [5.41, 5.74) is 5.62. The van der Waals surface area contributed by atoms with Gasteiger partial charge in [0.25, 0.3) is 0 Å². The number of rotatable bonds is 2. The molecule has 0 saturated carbocycles. The normalized spacial score (nSPS) is 12.4. The van der Waals surface area contributed by atoms with Crippen LogP contribution in [0.25, 0.3) is 11.1 Å². The van der Waals surface area contributed by atoms with E-state index in [9.17, 15) is 8.76 Å². The Balaban J connectivity index is 2.62. The third kappa shape index (κ3) is 2.52. The second-order valence-electron chi connectivity index (χ2n) is 4.54. The van der Waals surface area contributed by atoms with Gasteiger partial charge in [0.2, 0.25) is 0 Å². The van der Waals surface area contributed by atoms with Crippen LogP contribution in [0.2, 0.25) is 0 Å². The van der Waals surface area contributed by atoms with Crippen molar-refractivity contribution in [2.45, 2.75) is 25.7 Å². The van der Waals surface area contributed by atoms with Crippen LogP contribution in [-0.4, -0.2) is 8.76 Å². The molecule has 2 rings (SSSR count). The van der Waals surface area contributed by atoms with Crippen molar-refractivity contribution in [3.05, 3.63) is 53.1 Å². The molecule has 1 atom stereocenters. The average molecular weight is 259 g/mol. The van der Waals surface area contributed by atoms with Gasteiger partial charge in [0, 0.05) is 4.90 Å². The summed E-state index contributed by atoms with van der Waals surface area (Å²) >= 11 is -2.18. The number of hydrogen-bond acceptors (Lipinski definition) is 2. The quantitative estimate of drug-likeness (QED) is 0.774. The average Bonchev–Trinajstić information content (AvgIpc) is 2.28. The summed E-state index contributed by atoms with van der Waals surface area (Å²) in [6.45, 7) is 6.17. The smallest absolute Gasteiger partial charge is 0.0254 e. The van der Waals surface area contributed by atoms with Gasteiger partial charge in [-0.15, -0.1) is 0 Å². The molecule has 0 amide bonds. The van der Waals surface area contributed by atoms with Crippen molar-refractivity contribution in [3.8, 4) is 11.1 Å². The number of aryl methyl sites for hydroxylation is 3. The molecular formula is C15H15O2S-. The van der Waals surface area contributed by atoms with Crippen LogP contribution in [0.15, 0.2) is 41.3 Å². The Bertz CT molecular complexity index is 595. The molecule has 0 aromatic heterocycles. The topological polar surface area (TPSA) is 40.1 Å². The predicted molar refractivity (Wildman–Crippen MR) is 73.3 cm³/mol. The second kappa shape index (κ2) is 5.04. The lowest BCUT2D eigenvalue weighted by atomic mass is 9.94. The second-order valence-corrected chi connectivity index (χ2v) is 5.48. The highest BCUT2D eigenvalue weighted by molar-refractivity contribution is 7.79. The maximum Gasteiger partial charge on any atom is 0.0254 e. The zero-order chi connectivity index (χ0) is 13.3. The first-order valence-electron chi connectivity index (χ1n) is 5.76. The van der Waals surface area contributed by atoms with E-state index in [4.69, 9.17) is 0 Å². The third-order valence-corrected chi connectivity index (χ3v) is 3.63. The number of hydrogen-bond donors (Lipinski definition) is 0. The van der Waals surface area contributed by atoms with E-state index in [2.05, 4.69) is 32.9 Å². The van der Waals surface area contributed by atoms with E-state index in [-0.39, 0.29) is 0 Å². The minimum absolute atomic E-state index is 0.326. The SMILES string of the molecule is Cc1cc(C)c(-c2cccc(S(=O)[O-])c2)c(C)c1. The van der Waals surface area contributed by atoms with Crippen LogP contribution in [0.4, 0.5) is 0 Å². The fraction of sp³-hybridized carbons (Fsp3) is 0.200. The molecule has 0 saturated heterocycles. The van der Waals surface area contributed by atoms with Gasteiger partial charge >= 0.3 is 0 Å². The molecule has 0 aliphatic rings. The molecule has 0 aliphatic heterocycles. The summed E-state index contributed by atoms with van der Waals surface area (Å²) in [6.07, 6.45) is 0. The zero-order valence-corrected chi connectivity index (χ0v) is 11.5. The van der Waals surface area contributed by atoms with Crippen LogP contribution in [0, 0.1) is 20.8 Å². The van der Waals surface area contributed by atoms with Crippen molar-refractivity contribution in [1.29, 1.82) is 0 Å². The van der Waals surface area contributed by atoms with Crippen LogP contribution in [-0.2, 0) is 11.1 Å². The molecule has 0 bridgehead atoms. The highest BCUT2D eigenvalue weighted by Gasteiger charge is 2.07. The van der Waals surface area contributed by atoms with Crippen molar-refractivity contribution >= 4 is 11.1 Å². The van der Waals surface area contributed by atoms with Crippen LogP contribution in [0.3, 0.4) is 0 Å². The Morgan fingerprint density at radius 3 is 2.17 bits per heavy atom. The summed E-state index contributed by atoms with van der Waals surface area (Å²) in [4.78, 5) is 0.326. The summed E-state index contributed by atoms with van der Waals surface area (Å²) < 4.78 is 22.0. The van der Waals surface area contributed by atoms with Gasteiger partial charge in [0.15, 0.2) is 0 Å². The van der Waals surface area contributed by atoms with E-state index in [0.29, 0.717) is 4.90 Å². The maximum absolute atomic E-state index is 11.0. The molecular weight excluding hydrogens is 244 g/mol. The summed E-state index contributed by atoms with van der Waals surface area (Å²) in [6, 6.07) is 11.3. The van der Waals surface area contributed by atoms with Gasteiger partial charge in [-0.3, -0.25) is 4.21 Å². The van der Waals surface area contributed by atoms with Gasteiger partial charge in [0.1, 0.15) is 0 Å². The molecule has 0 radical (unpaired) electrons. The zero-order valence-electron chi connectivity index (χ0n) is 10.7. The van der Waals surface area contributed by atoms with Crippen molar-refractivity contribution in [1.82, 2.24) is 0 Å². The molecule has 0 spiro atoms. The fourth-order valence-electron chi connectivity index (χ4n) is 2.39. The molecule has 94 valence electrons.